The van der Waals surface area contributed by atoms with Crippen LogP contribution >= 0.6 is 0 Å². The van der Waals surface area contributed by atoms with E-state index in [0.717, 1.165) is 12.1 Å². The summed E-state index contributed by atoms with van der Waals surface area (Å²) in [4.78, 5) is 0. The molecule has 0 saturated heterocycles. The van der Waals surface area contributed by atoms with Crippen molar-refractivity contribution in [3.8, 4) is 0 Å². The van der Waals surface area contributed by atoms with Crippen LogP contribution in [-0.2, 0) is 17.2 Å². The van der Waals surface area contributed by atoms with Crippen LogP contribution in [-0.4, -0.2) is 0 Å². The Hall–Kier alpha value is -0.336. The third kappa shape index (κ3) is 3.32. The zero-order chi connectivity index (χ0) is 10.8. The van der Waals surface area contributed by atoms with Crippen molar-refractivity contribution in [2.45, 2.75) is 20.3 Å². The van der Waals surface area contributed by atoms with Gasteiger partial charge in [0.05, 0.1) is 0 Å². The average Bonchev–Trinajstić information content (AvgIpc) is 2.59. The molecule has 4 heteroatoms. The number of hydrogen-bond acceptors (Lipinski definition) is 1. The van der Waals surface area contributed by atoms with E-state index in [1.807, 2.05) is 6.07 Å². The van der Waals surface area contributed by atoms with Crippen molar-refractivity contribution in [1.29, 1.82) is 0 Å². The zero-order valence-electron chi connectivity index (χ0n) is 9.74. The molecule has 1 nitrogen and oxygen atoms in total. The van der Waals surface area contributed by atoms with Gasteiger partial charge in [0.15, 0.2) is 0 Å². The molecule has 0 radical (unpaired) electrons. The number of benzene rings is 1. The molecule has 17 heavy (non-hydrogen) atoms. The molecule has 0 aromatic heterocycles. The van der Waals surface area contributed by atoms with E-state index in [2.05, 4.69) is 59.1 Å². The van der Waals surface area contributed by atoms with Gasteiger partial charge in [-0.05, 0) is 0 Å². The summed E-state index contributed by atoms with van der Waals surface area (Å²) < 4.78 is 4.26. The molecule has 2 rings (SSSR count). The fourth-order valence-electron chi connectivity index (χ4n) is 2.06. The quantitative estimate of drug-likeness (QED) is 0.610. The maximum absolute atomic E-state index is 4.26. The molecule has 0 atom stereocenters. The van der Waals surface area contributed by atoms with Crippen molar-refractivity contribution >= 4 is 11.3 Å². The molecule has 0 unspecified atom stereocenters. The van der Waals surface area contributed by atoms with E-state index in [0.29, 0.717) is 0 Å². The van der Waals surface area contributed by atoms with E-state index in [1.54, 1.807) is 0 Å². The molecule has 0 heterocycles. The molecule has 1 aromatic carbocycles. The van der Waals surface area contributed by atoms with Gasteiger partial charge < -0.3 is 24.8 Å². The largest absolute Gasteiger partial charge is 1.00 e. The molecular weight excluding hydrogens is 292 g/mol. The van der Waals surface area contributed by atoms with Crippen LogP contribution in [0.4, 0.5) is 5.69 Å². The summed E-state index contributed by atoms with van der Waals surface area (Å²) in [6.07, 6.45) is 3.36. The molecule has 0 amide bonds. The van der Waals surface area contributed by atoms with Gasteiger partial charge >= 0.3 is 99.6 Å². The topological polar surface area (TPSA) is 12.4 Å². The van der Waals surface area contributed by atoms with E-state index < -0.39 is 0 Å². The Kier molecular flexibility index (Phi) is 7.04. The van der Waals surface area contributed by atoms with Gasteiger partial charge in [-0.3, -0.25) is 0 Å². The summed E-state index contributed by atoms with van der Waals surface area (Å²) in [5.41, 5.74) is 6.50. The van der Waals surface area contributed by atoms with E-state index in [4.69, 9.17) is 0 Å². The van der Waals surface area contributed by atoms with Crippen molar-refractivity contribution in [3.05, 3.63) is 47.1 Å². The first-order valence-electron chi connectivity index (χ1n) is 5.05. The van der Waals surface area contributed by atoms with Crippen LogP contribution in [0.15, 0.2) is 45.3 Å². The average molecular weight is 305 g/mol. The summed E-state index contributed by atoms with van der Waals surface area (Å²) in [5, 5.41) is 0. The molecule has 0 aliphatic heterocycles. The Labute approximate surface area is 124 Å². The Balaban J connectivity index is 0.00000128. The number of allylic oxidation sites excluding steroid dienone is 4. The minimum absolute atomic E-state index is 0. The first kappa shape index (κ1) is 16.7. The smallest absolute Gasteiger partial charge is 1.00 e. The molecular formula is C13H13Cl2NV. The van der Waals surface area contributed by atoms with E-state index in [-0.39, 0.29) is 24.8 Å². The summed E-state index contributed by atoms with van der Waals surface area (Å²) in [5.74, 6) is 0. The van der Waals surface area contributed by atoms with Crippen molar-refractivity contribution in [3.63, 3.8) is 0 Å². The molecule has 0 spiro atoms. The van der Waals surface area contributed by atoms with Gasteiger partial charge in [0, 0.05) is 0 Å². The second kappa shape index (κ2) is 7.18. The zero-order valence-corrected chi connectivity index (χ0v) is 12.7. The van der Waals surface area contributed by atoms with Crippen molar-refractivity contribution in [2.75, 3.05) is 0 Å². The van der Waals surface area contributed by atoms with Gasteiger partial charge in [-0.2, -0.15) is 0 Å². The summed E-state index contributed by atoms with van der Waals surface area (Å²) >= 11 is 2.29. The van der Waals surface area contributed by atoms with Crippen LogP contribution in [0.2, 0.25) is 0 Å². The Morgan fingerprint density at radius 3 is 2.29 bits per heavy atom. The molecule has 0 N–H and O–H groups in total. The Morgan fingerprint density at radius 1 is 1.12 bits per heavy atom. The van der Waals surface area contributed by atoms with Crippen molar-refractivity contribution in [1.82, 2.24) is 0 Å². The molecule has 0 bridgehead atoms. The van der Waals surface area contributed by atoms with Crippen LogP contribution in [0.3, 0.4) is 0 Å². The minimum atomic E-state index is 0. The summed E-state index contributed by atoms with van der Waals surface area (Å²) in [6.45, 7) is 4.37. The fourth-order valence-corrected chi connectivity index (χ4v) is 2.33. The third-order valence-electron chi connectivity index (χ3n) is 2.82. The molecule has 1 aliphatic rings. The number of halogens is 2. The Bertz CT molecular complexity index is 478. The van der Waals surface area contributed by atoms with Gasteiger partial charge in [-0.15, -0.1) is 0 Å². The van der Waals surface area contributed by atoms with Crippen LogP contribution in [0.25, 0.3) is 5.57 Å². The Morgan fingerprint density at radius 2 is 1.76 bits per heavy atom. The standard InChI is InChI=1S/C13H13N.2ClH.V/c1-9-7-8-10(2)13(9)11-5-3-4-6-12(11)14;;;/h3-7H,8H2,1-2H3;2*1H;/q;;;+2/p-2. The monoisotopic (exact) mass is 304 g/mol. The maximum Gasteiger partial charge on any atom is -1.00 e. The van der Waals surface area contributed by atoms with Crippen LogP contribution in [0, 0.1) is 0 Å². The molecule has 1 aliphatic carbocycles. The van der Waals surface area contributed by atoms with Gasteiger partial charge in [0.25, 0.3) is 0 Å². The van der Waals surface area contributed by atoms with Gasteiger partial charge in [0.2, 0.25) is 0 Å². The van der Waals surface area contributed by atoms with Crippen molar-refractivity contribution < 1.29 is 42.0 Å². The summed E-state index contributed by atoms with van der Waals surface area (Å²) in [6, 6.07) is 8.30. The second-order valence-corrected chi connectivity index (χ2v) is 4.18. The molecule has 0 fully saturated rings. The number of nitrogens with zero attached hydrogens (tertiary/aromatic N) is 1. The van der Waals surface area contributed by atoms with Gasteiger partial charge in [-0.1, -0.05) is 0 Å². The van der Waals surface area contributed by atoms with E-state index >= 15 is 0 Å². The molecule has 0 saturated carbocycles. The predicted molar refractivity (Wildman–Crippen MR) is 59.5 cm³/mol. The number of hydrogen-bond donors (Lipinski definition) is 0. The maximum atomic E-state index is 4.26. The summed E-state index contributed by atoms with van der Waals surface area (Å²) in [7, 11) is 0. The minimum Gasteiger partial charge on any atom is -1.00 e. The van der Waals surface area contributed by atoms with Crippen LogP contribution in [0.5, 0.6) is 0 Å². The molecule has 89 valence electrons. The fraction of sp³-hybridized carbons (Fsp3) is 0.231. The van der Waals surface area contributed by atoms with Crippen LogP contribution < -0.4 is 24.8 Å². The second-order valence-electron chi connectivity index (χ2n) is 3.86. The third-order valence-corrected chi connectivity index (χ3v) is 3.15. The first-order chi connectivity index (χ1) is 7.24. The van der Waals surface area contributed by atoms with Crippen LogP contribution in [0.1, 0.15) is 25.8 Å². The molecule has 1 aromatic rings. The normalized spacial score (nSPS) is 13.8. The first-order valence-corrected chi connectivity index (χ1v) is 5.68. The predicted octanol–water partition coefficient (Wildman–Crippen LogP) is -1.82. The van der Waals surface area contributed by atoms with Crippen molar-refractivity contribution in [2.24, 2.45) is 3.79 Å². The van der Waals surface area contributed by atoms with Gasteiger partial charge in [-0.25, -0.2) is 0 Å². The van der Waals surface area contributed by atoms with Gasteiger partial charge in [0.1, 0.15) is 0 Å². The SMILES string of the molecule is CC1=CCC(C)=C1c1ccccc1[N]=[V+2].[Cl-].[Cl-]. The number of rotatable bonds is 2. The van der Waals surface area contributed by atoms with E-state index in [1.165, 1.54) is 22.3 Å². The van der Waals surface area contributed by atoms with E-state index in [9.17, 15) is 0 Å².